The van der Waals surface area contributed by atoms with E-state index in [-0.39, 0.29) is 30.2 Å². The summed E-state index contributed by atoms with van der Waals surface area (Å²) < 4.78 is 0. The average Bonchev–Trinajstić information content (AvgIpc) is 2.41. The predicted octanol–water partition coefficient (Wildman–Crippen LogP) is 1.83. The van der Waals surface area contributed by atoms with Crippen molar-refractivity contribution in [1.82, 2.24) is 0 Å². The molecule has 2 N–H and O–H groups in total. The molecule has 1 fully saturated rings. The Morgan fingerprint density at radius 3 is 2.50 bits per heavy atom. The van der Waals surface area contributed by atoms with E-state index in [1.54, 1.807) is 18.2 Å². The Hall–Kier alpha value is -2.43. The number of hydrogen-bond donors (Lipinski definition) is 2. The molecule has 1 aromatic rings. The zero-order chi connectivity index (χ0) is 14.5. The molecular weight excluding hydrogens is 258 g/mol. The average molecular weight is 273 g/mol. The maximum Gasteiger partial charge on any atom is 0.175 e. The second kappa shape index (κ2) is 6.14. The van der Waals surface area contributed by atoms with Gasteiger partial charge in [0.05, 0.1) is 5.69 Å². The van der Waals surface area contributed by atoms with Gasteiger partial charge in [-0.2, -0.15) is 0 Å². The van der Waals surface area contributed by atoms with Crippen LogP contribution in [0.3, 0.4) is 0 Å². The van der Waals surface area contributed by atoms with E-state index >= 15 is 0 Å². The van der Waals surface area contributed by atoms with Gasteiger partial charge in [0.2, 0.25) is 0 Å². The molecule has 0 spiro atoms. The lowest BCUT2D eigenvalue weighted by Crippen LogP contribution is -2.34. The second-order valence-corrected chi connectivity index (χ2v) is 4.62. The first-order valence-electron chi connectivity index (χ1n) is 6.40. The second-order valence-electron chi connectivity index (χ2n) is 4.62. The number of phenols is 1. The summed E-state index contributed by atoms with van der Waals surface area (Å²) in [5.74, 6) is -2.22. The van der Waals surface area contributed by atoms with Gasteiger partial charge < -0.3 is 10.4 Å². The molecular formula is C15H15NO4. The number of anilines is 1. The van der Waals surface area contributed by atoms with E-state index in [1.807, 2.05) is 0 Å². The highest BCUT2D eigenvalue weighted by molar-refractivity contribution is 6.23. The van der Waals surface area contributed by atoms with Gasteiger partial charge >= 0.3 is 0 Å². The van der Waals surface area contributed by atoms with Gasteiger partial charge in [0, 0.05) is 19.0 Å². The first-order chi connectivity index (χ1) is 9.59. The van der Waals surface area contributed by atoms with Crippen LogP contribution in [0.5, 0.6) is 5.75 Å². The molecule has 0 heterocycles. The van der Waals surface area contributed by atoms with Crippen LogP contribution in [0.25, 0.3) is 0 Å². The van der Waals surface area contributed by atoms with Crippen LogP contribution < -0.4 is 5.32 Å². The van der Waals surface area contributed by atoms with Gasteiger partial charge in [-0.25, -0.2) is 0 Å². The first-order valence-corrected chi connectivity index (χ1v) is 6.40. The van der Waals surface area contributed by atoms with Crippen molar-refractivity contribution in [1.29, 1.82) is 0 Å². The van der Waals surface area contributed by atoms with Crippen LogP contribution in [-0.2, 0) is 14.4 Å². The Kier molecular flexibility index (Phi) is 4.30. The van der Waals surface area contributed by atoms with Gasteiger partial charge in [0.1, 0.15) is 11.7 Å². The van der Waals surface area contributed by atoms with Crippen molar-refractivity contribution in [3.05, 3.63) is 36.5 Å². The van der Waals surface area contributed by atoms with Crippen LogP contribution in [0, 0.1) is 5.92 Å². The highest BCUT2D eigenvalue weighted by atomic mass is 16.3. The van der Waals surface area contributed by atoms with Crippen LogP contribution in [0.4, 0.5) is 5.69 Å². The SMILES string of the molecule is O=C(/C=C\Nc1ccccc1O)C1C(=O)CCCC1=O. The Morgan fingerprint density at radius 1 is 1.20 bits per heavy atom. The standard InChI is InChI=1S/C15H15NO4/c17-11-5-2-1-4-10(11)16-9-8-14(20)15-12(18)6-3-7-13(15)19/h1-2,4-5,8-9,15-17H,3,6-7H2/b9-8-. The van der Waals surface area contributed by atoms with E-state index in [9.17, 15) is 19.5 Å². The van der Waals surface area contributed by atoms with Gasteiger partial charge in [0.25, 0.3) is 0 Å². The lowest BCUT2D eigenvalue weighted by molar-refractivity contribution is -0.140. The lowest BCUT2D eigenvalue weighted by Gasteiger charge is -2.16. The van der Waals surface area contributed by atoms with E-state index < -0.39 is 11.7 Å². The number of benzene rings is 1. The molecule has 0 bridgehead atoms. The van der Waals surface area contributed by atoms with E-state index in [0.717, 1.165) is 6.08 Å². The number of phenolic OH excluding ortho intramolecular Hbond substituents is 1. The molecule has 0 saturated heterocycles. The molecule has 20 heavy (non-hydrogen) atoms. The number of carbonyl (C=O) groups excluding carboxylic acids is 3. The molecule has 0 aliphatic heterocycles. The molecule has 0 unspecified atom stereocenters. The molecule has 1 aliphatic carbocycles. The minimum atomic E-state index is -1.15. The van der Waals surface area contributed by atoms with Crippen LogP contribution in [-0.4, -0.2) is 22.5 Å². The number of carbonyl (C=O) groups is 3. The zero-order valence-corrected chi connectivity index (χ0v) is 10.8. The lowest BCUT2D eigenvalue weighted by atomic mass is 9.84. The highest BCUT2D eigenvalue weighted by Gasteiger charge is 2.34. The molecule has 0 aromatic heterocycles. The van der Waals surface area contributed by atoms with Crippen molar-refractivity contribution in [2.45, 2.75) is 19.3 Å². The Morgan fingerprint density at radius 2 is 1.85 bits per heavy atom. The van der Waals surface area contributed by atoms with Crippen LogP contribution >= 0.6 is 0 Å². The van der Waals surface area contributed by atoms with Gasteiger partial charge in [-0.15, -0.1) is 0 Å². The molecule has 104 valence electrons. The molecule has 0 amide bonds. The van der Waals surface area contributed by atoms with Crippen molar-refractivity contribution < 1.29 is 19.5 Å². The Balaban J connectivity index is 2.00. The van der Waals surface area contributed by atoms with Crippen molar-refractivity contribution >= 4 is 23.0 Å². The van der Waals surface area contributed by atoms with E-state index in [2.05, 4.69) is 5.32 Å². The van der Waals surface area contributed by atoms with Crippen LogP contribution in [0.1, 0.15) is 19.3 Å². The third kappa shape index (κ3) is 3.12. The number of para-hydroxylation sites is 2. The minimum Gasteiger partial charge on any atom is -0.506 e. The van der Waals surface area contributed by atoms with Gasteiger partial charge in [-0.05, 0) is 24.6 Å². The van der Waals surface area contributed by atoms with Gasteiger partial charge in [-0.3, -0.25) is 14.4 Å². The summed E-state index contributed by atoms with van der Waals surface area (Å²) in [6, 6.07) is 6.55. The minimum absolute atomic E-state index is 0.0504. The van der Waals surface area contributed by atoms with Gasteiger partial charge in [-0.1, -0.05) is 12.1 Å². The largest absolute Gasteiger partial charge is 0.506 e. The smallest absolute Gasteiger partial charge is 0.175 e. The van der Waals surface area contributed by atoms with E-state index in [0.29, 0.717) is 12.1 Å². The van der Waals surface area contributed by atoms with Gasteiger partial charge in [0.15, 0.2) is 17.3 Å². The first kappa shape index (κ1) is 14.0. The Labute approximate surface area is 116 Å². The van der Waals surface area contributed by atoms with Crippen molar-refractivity contribution in [2.75, 3.05) is 5.32 Å². The molecule has 1 saturated carbocycles. The quantitative estimate of drug-likeness (QED) is 0.496. The van der Waals surface area contributed by atoms with Crippen molar-refractivity contribution in [3.8, 4) is 5.75 Å². The fourth-order valence-electron chi connectivity index (χ4n) is 2.13. The number of ketones is 3. The maximum atomic E-state index is 11.9. The van der Waals surface area contributed by atoms with E-state index in [1.165, 1.54) is 12.3 Å². The number of Topliss-reactive ketones (excluding diaryl/α,β-unsaturated/α-hetero) is 2. The summed E-state index contributed by atoms with van der Waals surface area (Å²) in [7, 11) is 0. The van der Waals surface area contributed by atoms with Crippen molar-refractivity contribution in [3.63, 3.8) is 0 Å². The summed E-state index contributed by atoms with van der Waals surface area (Å²) in [5.41, 5.74) is 0.442. The molecule has 5 nitrogen and oxygen atoms in total. The van der Waals surface area contributed by atoms with Crippen LogP contribution in [0.2, 0.25) is 0 Å². The topological polar surface area (TPSA) is 83.5 Å². The summed E-state index contributed by atoms with van der Waals surface area (Å²) in [5, 5.41) is 12.3. The van der Waals surface area contributed by atoms with Crippen molar-refractivity contribution in [2.24, 2.45) is 5.92 Å². The predicted molar refractivity (Wildman–Crippen MR) is 73.2 cm³/mol. The fourth-order valence-corrected chi connectivity index (χ4v) is 2.13. The number of rotatable bonds is 4. The number of nitrogens with one attached hydrogen (secondary N) is 1. The Bertz CT molecular complexity index is 561. The van der Waals surface area contributed by atoms with E-state index in [4.69, 9.17) is 0 Å². The highest BCUT2D eigenvalue weighted by Crippen LogP contribution is 2.22. The maximum absolute atomic E-state index is 11.9. The third-order valence-corrected chi connectivity index (χ3v) is 3.17. The molecule has 0 atom stereocenters. The normalized spacial score (nSPS) is 16.6. The monoisotopic (exact) mass is 273 g/mol. The number of hydrogen-bond acceptors (Lipinski definition) is 5. The summed E-state index contributed by atoms with van der Waals surface area (Å²) >= 11 is 0. The molecule has 1 aromatic carbocycles. The molecule has 2 rings (SSSR count). The fraction of sp³-hybridized carbons (Fsp3) is 0.267. The molecule has 5 heteroatoms. The molecule has 0 radical (unpaired) electrons. The zero-order valence-electron chi connectivity index (χ0n) is 10.8. The number of allylic oxidation sites excluding steroid dienone is 1. The third-order valence-electron chi connectivity index (χ3n) is 3.17. The molecule has 1 aliphatic rings. The number of aromatic hydroxyl groups is 1. The van der Waals surface area contributed by atoms with Crippen LogP contribution in [0.15, 0.2) is 36.5 Å². The summed E-state index contributed by atoms with van der Waals surface area (Å²) in [6.07, 6.45) is 3.58. The summed E-state index contributed by atoms with van der Waals surface area (Å²) in [4.78, 5) is 35.1. The summed E-state index contributed by atoms with van der Waals surface area (Å²) in [6.45, 7) is 0.